The summed E-state index contributed by atoms with van der Waals surface area (Å²) < 4.78 is 16.8. The number of rotatable bonds is 4. The van der Waals surface area contributed by atoms with Gasteiger partial charge in [0.05, 0.1) is 23.7 Å². The van der Waals surface area contributed by atoms with Gasteiger partial charge in [-0.3, -0.25) is 4.79 Å². The highest BCUT2D eigenvalue weighted by molar-refractivity contribution is 6.51. The van der Waals surface area contributed by atoms with Crippen molar-refractivity contribution in [2.24, 2.45) is 11.3 Å². The lowest BCUT2D eigenvalue weighted by atomic mass is 9.79. The van der Waals surface area contributed by atoms with Gasteiger partial charge in [-0.25, -0.2) is 0 Å². The molecule has 0 aromatic carbocycles. The molecule has 114 valence electrons. The summed E-state index contributed by atoms with van der Waals surface area (Å²) in [6.07, 6.45) is 1.78. The molecule has 0 N–H and O–H groups in total. The summed E-state index contributed by atoms with van der Waals surface area (Å²) in [5, 5.41) is 0. The lowest BCUT2D eigenvalue weighted by Crippen LogP contribution is -2.48. The maximum Gasteiger partial charge on any atom is 0.486 e. The summed E-state index contributed by atoms with van der Waals surface area (Å²) >= 11 is 0. The third-order valence-electron chi connectivity index (χ3n) is 4.45. The number of carbonyl (C=O) groups excluding carboxylic acids is 1. The van der Waals surface area contributed by atoms with E-state index in [1.54, 1.807) is 25.9 Å². The average molecular weight is 282 g/mol. The molecule has 0 amide bonds. The summed E-state index contributed by atoms with van der Waals surface area (Å²) in [5.74, 6) is 1.84. The highest BCUT2D eigenvalue weighted by Crippen LogP contribution is 2.42. The van der Waals surface area contributed by atoms with Crippen molar-refractivity contribution < 1.29 is 18.8 Å². The molecule has 1 aliphatic heterocycles. The summed E-state index contributed by atoms with van der Waals surface area (Å²) in [6, 6.07) is 0. The molecule has 1 atom stereocenters. The van der Waals surface area contributed by atoms with E-state index in [9.17, 15) is 4.79 Å². The van der Waals surface area contributed by atoms with E-state index in [2.05, 4.69) is 20.8 Å². The van der Waals surface area contributed by atoms with Gasteiger partial charge in [0.2, 0.25) is 0 Å². The van der Waals surface area contributed by atoms with Crippen LogP contribution >= 0.6 is 0 Å². The van der Waals surface area contributed by atoms with Crippen LogP contribution in [0.25, 0.3) is 0 Å². The van der Waals surface area contributed by atoms with Gasteiger partial charge in [0.1, 0.15) is 0 Å². The molecule has 0 aromatic rings. The van der Waals surface area contributed by atoms with Crippen LogP contribution in [0, 0.1) is 11.3 Å². The third kappa shape index (κ3) is 3.09. The summed E-state index contributed by atoms with van der Waals surface area (Å²) in [4.78, 5) is 11.6. The highest BCUT2D eigenvalue weighted by atomic mass is 16.7. The Balaban J connectivity index is 2.86. The first-order valence-electron chi connectivity index (χ1n) is 7.09. The fourth-order valence-corrected chi connectivity index (χ4v) is 2.37. The van der Waals surface area contributed by atoms with Crippen LogP contribution < -0.4 is 0 Å². The molecule has 1 unspecified atom stereocenters. The van der Waals surface area contributed by atoms with Crippen molar-refractivity contribution in [1.82, 2.24) is 0 Å². The van der Waals surface area contributed by atoms with Crippen molar-refractivity contribution in [2.75, 3.05) is 7.11 Å². The van der Waals surface area contributed by atoms with Gasteiger partial charge in [0.25, 0.3) is 0 Å². The maximum absolute atomic E-state index is 11.6. The minimum Gasteiger partial charge on any atom is -0.468 e. The molecule has 1 saturated heterocycles. The number of hydrogen-bond donors (Lipinski definition) is 0. The average Bonchev–Trinajstić information content (AvgIpc) is 2.57. The largest absolute Gasteiger partial charge is 0.486 e. The number of hydrogen-bond acceptors (Lipinski definition) is 4. The summed E-state index contributed by atoms with van der Waals surface area (Å²) in [5.41, 5.74) is -1.44. The monoisotopic (exact) mass is 282 g/mol. The van der Waals surface area contributed by atoms with E-state index in [1.807, 2.05) is 13.8 Å². The van der Waals surface area contributed by atoms with E-state index in [1.165, 1.54) is 7.11 Å². The zero-order chi connectivity index (χ0) is 15.8. The van der Waals surface area contributed by atoms with Crippen molar-refractivity contribution in [2.45, 2.75) is 59.7 Å². The molecule has 0 aliphatic carbocycles. The topological polar surface area (TPSA) is 44.8 Å². The van der Waals surface area contributed by atoms with Gasteiger partial charge in [0, 0.05) is 0 Å². The van der Waals surface area contributed by atoms with E-state index in [0.717, 1.165) is 0 Å². The van der Waals surface area contributed by atoms with Gasteiger partial charge < -0.3 is 14.0 Å². The molecular weight excluding hydrogens is 255 g/mol. The van der Waals surface area contributed by atoms with Crippen molar-refractivity contribution in [3.63, 3.8) is 0 Å². The minimum atomic E-state index is -0.692. The van der Waals surface area contributed by atoms with Gasteiger partial charge in [-0.15, -0.1) is 0 Å². The molecule has 0 saturated carbocycles. The molecule has 1 aliphatic rings. The standard InChI is InChI=1S/C15H27BO4/c1-11(2)15(7)14(5,6)19-16(20-15)10-9-13(3,4)12(17)18-8/h9-11H,1-8H3/b10-9+. The Labute approximate surface area is 123 Å². The predicted molar refractivity (Wildman–Crippen MR) is 80.2 cm³/mol. The van der Waals surface area contributed by atoms with Crippen LogP contribution in [0.1, 0.15) is 48.5 Å². The Kier molecular flexibility index (Phi) is 4.77. The molecular formula is C15H27BO4. The van der Waals surface area contributed by atoms with Crippen LogP contribution in [0.4, 0.5) is 0 Å². The van der Waals surface area contributed by atoms with Crippen LogP contribution in [-0.2, 0) is 18.8 Å². The molecule has 4 nitrogen and oxygen atoms in total. The van der Waals surface area contributed by atoms with Gasteiger partial charge in [-0.05, 0) is 40.5 Å². The van der Waals surface area contributed by atoms with Gasteiger partial charge in [0.15, 0.2) is 0 Å². The normalized spacial score (nSPS) is 26.6. The SMILES string of the molecule is COC(=O)C(C)(C)/C=C/B1OC(C)(C)C(C)(C(C)C)O1. The number of esters is 1. The van der Waals surface area contributed by atoms with Crippen molar-refractivity contribution in [1.29, 1.82) is 0 Å². The van der Waals surface area contributed by atoms with Crippen molar-refractivity contribution in [3.8, 4) is 0 Å². The minimum absolute atomic E-state index is 0.280. The number of ether oxygens (including phenoxy) is 1. The maximum atomic E-state index is 11.6. The van der Waals surface area contributed by atoms with E-state index in [0.29, 0.717) is 5.92 Å². The fourth-order valence-electron chi connectivity index (χ4n) is 2.37. The molecule has 0 bridgehead atoms. The molecule has 0 spiro atoms. The summed E-state index contributed by atoms with van der Waals surface area (Å²) in [6.45, 7) is 14.0. The Morgan fingerprint density at radius 1 is 1.25 bits per heavy atom. The third-order valence-corrected chi connectivity index (χ3v) is 4.45. The lowest BCUT2D eigenvalue weighted by molar-refractivity contribution is -0.148. The van der Waals surface area contributed by atoms with Crippen LogP contribution in [0.15, 0.2) is 12.1 Å². The lowest BCUT2D eigenvalue weighted by Gasteiger charge is -2.39. The highest BCUT2D eigenvalue weighted by Gasteiger charge is 2.54. The molecule has 1 rings (SSSR count). The second-order valence-electron chi connectivity index (χ2n) is 6.95. The number of methoxy groups -OCH3 is 1. The van der Waals surface area contributed by atoms with E-state index in [4.69, 9.17) is 14.0 Å². The molecule has 1 heterocycles. The first-order valence-corrected chi connectivity index (χ1v) is 7.09. The van der Waals surface area contributed by atoms with Crippen LogP contribution in [-0.4, -0.2) is 31.4 Å². The van der Waals surface area contributed by atoms with Crippen LogP contribution in [0.5, 0.6) is 0 Å². The smallest absolute Gasteiger partial charge is 0.468 e. The summed E-state index contributed by atoms with van der Waals surface area (Å²) in [7, 11) is 0.945. The first kappa shape index (κ1) is 17.2. The molecule has 0 aromatic heterocycles. The van der Waals surface area contributed by atoms with E-state index in [-0.39, 0.29) is 17.2 Å². The second-order valence-corrected chi connectivity index (χ2v) is 6.95. The predicted octanol–water partition coefficient (Wildman–Crippen LogP) is 3.01. The second kappa shape index (κ2) is 5.53. The van der Waals surface area contributed by atoms with E-state index >= 15 is 0 Å². The van der Waals surface area contributed by atoms with E-state index < -0.39 is 12.5 Å². The quantitative estimate of drug-likeness (QED) is 0.587. The Morgan fingerprint density at radius 2 is 1.80 bits per heavy atom. The fraction of sp³-hybridized carbons (Fsp3) is 0.800. The van der Waals surface area contributed by atoms with Crippen molar-refractivity contribution in [3.05, 3.63) is 12.1 Å². The van der Waals surface area contributed by atoms with Gasteiger partial charge in [-0.1, -0.05) is 25.9 Å². The molecule has 1 fully saturated rings. The zero-order valence-corrected chi connectivity index (χ0v) is 13.9. The molecule has 0 radical (unpaired) electrons. The van der Waals surface area contributed by atoms with Gasteiger partial charge in [-0.2, -0.15) is 0 Å². The zero-order valence-electron chi connectivity index (χ0n) is 13.9. The van der Waals surface area contributed by atoms with Gasteiger partial charge >= 0.3 is 13.1 Å². The molecule has 20 heavy (non-hydrogen) atoms. The number of carbonyl (C=O) groups is 1. The Morgan fingerprint density at radius 3 is 2.20 bits per heavy atom. The Bertz CT molecular complexity index is 401. The molecule has 5 heteroatoms. The van der Waals surface area contributed by atoms with Crippen LogP contribution in [0.2, 0.25) is 0 Å². The Hall–Kier alpha value is -0.805. The van der Waals surface area contributed by atoms with Crippen LogP contribution in [0.3, 0.4) is 0 Å². The first-order chi connectivity index (χ1) is 8.96. The van der Waals surface area contributed by atoms with Crippen molar-refractivity contribution >= 4 is 13.1 Å².